The number of ether oxygens (including phenoxy) is 1. The molecule has 0 radical (unpaired) electrons. The highest BCUT2D eigenvalue weighted by atomic mass is 79.9. The van der Waals surface area contributed by atoms with Gasteiger partial charge in [-0.2, -0.15) is 0 Å². The molecule has 2 aromatic rings. The Morgan fingerprint density at radius 1 is 1.35 bits per heavy atom. The van der Waals surface area contributed by atoms with E-state index in [1.165, 1.54) is 0 Å². The van der Waals surface area contributed by atoms with Gasteiger partial charge in [-0.05, 0) is 24.3 Å². The second-order valence-electron chi connectivity index (χ2n) is 4.33. The van der Waals surface area contributed by atoms with Crippen molar-refractivity contribution < 1.29 is 18.8 Å². The number of carbonyl (C=O) groups excluding carboxylic acids is 1. The van der Waals surface area contributed by atoms with E-state index in [-0.39, 0.29) is 5.75 Å². The van der Waals surface area contributed by atoms with Crippen LogP contribution in [0.3, 0.4) is 0 Å². The van der Waals surface area contributed by atoms with E-state index in [4.69, 9.17) is 16.3 Å². The van der Waals surface area contributed by atoms with Crippen LogP contribution in [0.5, 0.6) is 5.75 Å². The maximum Gasteiger partial charge on any atom is 0.272 e. The Kier molecular flexibility index (Phi) is 5.51. The molecule has 0 aliphatic carbocycles. The molecule has 0 fully saturated rings. The lowest BCUT2D eigenvalue weighted by molar-refractivity contribution is -0.385. The minimum atomic E-state index is -0.923. The Balaban J connectivity index is 1.98. The van der Waals surface area contributed by atoms with Gasteiger partial charge in [0.05, 0.1) is 21.7 Å². The molecular formula is C14H9BrClFN2O4. The summed E-state index contributed by atoms with van der Waals surface area (Å²) in [5.41, 5.74) is -0.0198. The fourth-order valence-electron chi connectivity index (χ4n) is 1.64. The summed E-state index contributed by atoms with van der Waals surface area (Å²) in [5, 5.41) is 13.3. The molecule has 23 heavy (non-hydrogen) atoms. The van der Waals surface area contributed by atoms with Crippen molar-refractivity contribution in [3.63, 3.8) is 0 Å². The molecule has 1 amide bonds. The average molecular weight is 404 g/mol. The molecule has 0 unspecified atom stereocenters. The van der Waals surface area contributed by atoms with Gasteiger partial charge in [0.25, 0.3) is 11.6 Å². The monoisotopic (exact) mass is 402 g/mol. The number of non-ortho nitro benzene ring substituents is 1. The van der Waals surface area contributed by atoms with E-state index in [1.807, 2.05) is 0 Å². The highest BCUT2D eigenvalue weighted by Gasteiger charge is 2.13. The summed E-state index contributed by atoms with van der Waals surface area (Å²) in [5.74, 6) is -1.73. The van der Waals surface area contributed by atoms with Gasteiger partial charge in [0.15, 0.2) is 18.2 Å². The van der Waals surface area contributed by atoms with Gasteiger partial charge in [0.2, 0.25) is 0 Å². The van der Waals surface area contributed by atoms with E-state index in [0.717, 1.165) is 22.7 Å². The molecule has 2 aromatic carbocycles. The molecule has 1 N–H and O–H groups in total. The molecule has 0 aromatic heterocycles. The maximum atomic E-state index is 13.6. The van der Waals surface area contributed by atoms with Crippen molar-refractivity contribution >= 4 is 44.8 Å². The van der Waals surface area contributed by atoms with E-state index in [2.05, 4.69) is 21.2 Å². The first-order chi connectivity index (χ1) is 10.9. The summed E-state index contributed by atoms with van der Waals surface area (Å²) in [7, 11) is 0. The van der Waals surface area contributed by atoms with Crippen molar-refractivity contribution in [3.05, 3.63) is 61.8 Å². The molecule has 0 saturated heterocycles. The number of hydrogen-bond donors (Lipinski definition) is 1. The molecule has 0 aliphatic rings. The Bertz CT molecular complexity index is 772. The number of nitrogens with zero attached hydrogens (tertiary/aromatic N) is 1. The third kappa shape index (κ3) is 4.64. The second-order valence-corrected chi connectivity index (χ2v) is 5.66. The van der Waals surface area contributed by atoms with E-state index in [9.17, 15) is 19.3 Å². The van der Waals surface area contributed by atoms with Gasteiger partial charge in [-0.15, -0.1) is 0 Å². The smallest absolute Gasteiger partial charge is 0.272 e. The number of carbonyl (C=O) groups is 1. The molecule has 9 heteroatoms. The number of halogens is 3. The number of rotatable bonds is 5. The topological polar surface area (TPSA) is 81.5 Å². The summed E-state index contributed by atoms with van der Waals surface area (Å²) < 4.78 is 19.4. The number of hydrogen-bond acceptors (Lipinski definition) is 4. The first-order valence-electron chi connectivity index (χ1n) is 6.18. The van der Waals surface area contributed by atoms with Crippen LogP contribution in [0.2, 0.25) is 5.02 Å². The van der Waals surface area contributed by atoms with Crippen molar-refractivity contribution in [2.45, 2.75) is 0 Å². The Morgan fingerprint density at radius 3 is 2.70 bits per heavy atom. The second kappa shape index (κ2) is 7.38. The highest BCUT2D eigenvalue weighted by molar-refractivity contribution is 9.10. The SMILES string of the molecule is O=C(COc1ccc([N+](=O)[O-])cc1F)Nc1ccc(Br)cc1Cl. The number of anilines is 1. The van der Waals surface area contributed by atoms with Crippen LogP contribution in [0.15, 0.2) is 40.9 Å². The van der Waals surface area contributed by atoms with Crippen LogP contribution < -0.4 is 10.1 Å². The zero-order valence-corrected chi connectivity index (χ0v) is 13.7. The van der Waals surface area contributed by atoms with Crippen LogP contribution in [0, 0.1) is 15.9 Å². The van der Waals surface area contributed by atoms with Crippen LogP contribution in [0.25, 0.3) is 0 Å². The van der Waals surface area contributed by atoms with Gasteiger partial charge in [-0.3, -0.25) is 14.9 Å². The molecule has 0 atom stereocenters. The maximum absolute atomic E-state index is 13.6. The molecule has 0 saturated carbocycles. The average Bonchev–Trinajstić information content (AvgIpc) is 2.48. The van der Waals surface area contributed by atoms with E-state index < -0.39 is 28.9 Å². The number of nitro groups is 1. The Morgan fingerprint density at radius 2 is 2.09 bits per heavy atom. The fraction of sp³-hybridized carbons (Fsp3) is 0.0714. The highest BCUT2D eigenvalue weighted by Crippen LogP contribution is 2.26. The zero-order chi connectivity index (χ0) is 17.0. The minimum absolute atomic E-state index is 0.257. The summed E-state index contributed by atoms with van der Waals surface area (Å²) in [6, 6.07) is 7.79. The number of benzene rings is 2. The third-order valence-corrected chi connectivity index (χ3v) is 3.50. The van der Waals surface area contributed by atoms with Crippen LogP contribution in [-0.2, 0) is 4.79 Å². The number of nitro benzene ring substituents is 1. The molecule has 6 nitrogen and oxygen atoms in total. The van der Waals surface area contributed by atoms with Crippen LogP contribution in [0.4, 0.5) is 15.8 Å². The van der Waals surface area contributed by atoms with E-state index >= 15 is 0 Å². The van der Waals surface area contributed by atoms with E-state index in [0.29, 0.717) is 10.7 Å². The normalized spacial score (nSPS) is 10.2. The van der Waals surface area contributed by atoms with Gasteiger partial charge in [-0.1, -0.05) is 27.5 Å². The lowest BCUT2D eigenvalue weighted by Gasteiger charge is -2.09. The van der Waals surface area contributed by atoms with Crippen molar-refractivity contribution in [2.24, 2.45) is 0 Å². The van der Waals surface area contributed by atoms with Crippen LogP contribution in [0.1, 0.15) is 0 Å². The summed E-state index contributed by atoms with van der Waals surface area (Å²) in [6.45, 7) is -0.471. The third-order valence-electron chi connectivity index (χ3n) is 2.69. The molecule has 0 spiro atoms. The number of amides is 1. The number of nitrogens with one attached hydrogen (secondary N) is 1. The van der Waals surface area contributed by atoms with Gasteiger partial charge in [-0.25, -0.2) is 4.39 Å². The van der Waals surface area contributed by atoms with Crippen LogP contribution >= 0.6 is 27.5 Å². The first-order valence-corrected chi connectivity index (χ1v) is 7.35. The fourth-order valence-corrected chi connectivity index (χ4v) is 2.36. The van der Waals surface area contributed by atoms with Gasteiger partial charge < -0.3 is 10.1 Å². The van der Waals surface area contributed by atoms with Crippen molar-refractivity contribution in [1.82, 2.24) is 0 Å². The van der Waals surface area contributed by atoms with Gasteiger partial charge in [0.1, 0.15) is 0 Å². The predicted octanol–water partition coefficient (Wildman–Crippen LogP) is 4.17. The lowest BCUT2D eigenvalue weighted by atomic mass is 10.3. The standard InChI is InChI=1S/C14H9BrClFN2O4/c15-8-1-3-12(10(16)5-8)18-14(20)7-23-13-4-2-9(19(21)22)6-11(13)17/h1-6H,7H2,(H,18,20). The van der Waals surface area contributed by atoms with Crippen molar-refractivity contribution in [3.8, 4) is 5.75 Å². The lowest BCUT2D eigenvalue weighted by Crippen LogP contribution is -2.20. The Labute approximate surface area is 143 Å². The quantitative estimate of drug-likeness (QED) is 0.600. The summed E-state index contributed by atoms with van der Waals surface area (Å²) in [6.07, 6.45) is 0. The summed E-state index contributed by atoms with van der Waals surface area (Å²) in [4.78, 5) is 21.6. The predicted molar refractivity (Wildman–Crippen MR) is 86.3 cm³/mol. The molecule has 2 rings (SSSR count). The molecule has 0 bridgehead atoms. The van der Waals surface area contributed by atoms with Crippen molar-refractivity contribution in [1.29, 1.82) is 0 Å². The molecule has 0 aliphatic heterocycles. The Hall–Kier alpha value is -2.19. The van der Waals surface area contributed by atoms with Gasteiger partial charge in [0, 0.05) is 10.5 Å². The van der Waals surface area contributed by atoms with Gasteiger partial charge >= 0.3 is 0 Å². The van der Waals surface area contributed by atoms with Crippen molar-refractivity contribution in [2.75, 3.05) is 11.9 Å². The molecule has 120 valence electrons. The molecular weight excluding hydrogens is 395 g/mol. The largest absolute Gasteiger partial charge is 0.481 e. The molecule has 0 heterocycles. The van der Waals surface area contributed by atoms with Crippen LogP contribution in [-0.4, -0.2) is 17.4 Å². The minimum Gasteiger partial charge on any atom is -0.481 e. The summed E-state index contributed by atoms with van der Waals surface area (Å²) >= 11 is 9.19. The van der Waals surface area contributed by atoms with E-state index in [1.54, 1.807) is 18.2 Å². The first kappa shape index (κ1) is 17.2. The zero-order valence-electron chi connectivity index (χ0n) is 11.4.